The molecule has 0 saturated heterocycles. The van der Waals surface area contributed by atoms with Gasteiger partial charge in [-0.15, -0.1) is 0 Å². The molecule has 0 aliphatic carbocycles. The molecule has 0 spiro atoms. The van der Waals surface area contributed by atoms with Crippen LogP contribution in [-0.2, 0) is 0 Å². The molecule has 0 aliphatic heterocycles. The van der Waals surface area contributed by atoms with Gasteiger partial charge >= 0.3 is 0 Å². The van der Waals surface area contributed by atoms with Crippen LogP contribution in [0.2, 0.25) is 0 Å². The quantitative estimate of drug-likeness (QED) is 0.149. The summed E-state index contributed by atoms with van der Waals surface area (Å²) in [4.78, 5) is 11.2. The van der Waals surface area contributed by atoms with Crippen LogP contribution in [0.4, 0.5) is 0 Å². The molecule has 18 rings (SSSR count). The second-order valence-electron chi connectivity index (χ2n) is 22.0. The van der Waals surface area contributed by atoms with Gasteiger partial charge in [0, 0.05) is 76.5 Å². The summed E-state index contributed by atoms with van der Waals surface area (Å²) in [6.45, 7) is 0. The minimum atomic E-state index is 0.660. The van der Waals surface area contributed by atoms with E-state index < -0.39 is 0 Å². The molecule has 13 aromatic carbocycles. The first kappa shape index (κ1) is 46.4. The number of rotatable bonds is 7. The zero-order valence-electron chi connectivity index (χ0n) is 45.4. The third-order valence-electron chi connectivity index (χ3n) is 17.6. The molecule has 6 nitrogen and oxygen atoms in total. The van der Waals surface area contributed by atoms with Crippen LogP contribution in [0.3, 0.4) is 0 Å². The number of fused-ring (bicyclic) bond motifs is 15. The van der Waals surface area contributed by atoms with Gasteiger partial charge < -0.3 is 13.7 Å². The maximum Gasteiger partial charge on any atom is 0.162 e. The van der Waals surface area contributed by atoms with Crippen molar-refractivity contribution in [3.8, 4) is 56.5 Å². The van der Waals surface area contributed by atoms with Gasteiger partial charge in [0.1, 0.15) is 5.82 Å². The number of hydrogen-bond donors (Lipinski definition) is 0. The van der Waals surface area contributed by atoms with Crippen molar-refractivity contribution in [2.24, 2.45) is 0 Å². The monoisotopic (exact) mass is 1070 g/mol. The van der Waals surface area contributed by atoms with Gasteiger partial charge in [0.25, 0.3) is 0 Å². The first-order chi connectivity index (χ1) is 41.7. The molecule has 0 N–H and O–H groups in total. The van der Waals surface area contributed by atoms with Gasteiger partial charge in [0.2, 0.25) is 0 Å². The molecule has 84 heavy (non-hydrogen) atoms. The highest BCUT2D eigenvalue weighted by Gasteiger charge is 2.25. The van der Waals surface area contributed by atoms with Crippen LogP contribution in [0.5, 0.6) is 0 Å². The molecule has 0 unspecified atom stereocenters. The summed E-state index contributed by atoms with van der Waals surface area (Å²) in [7, 11) is 0. The zero-order chi connectivity index (χ0) is 55.0. The Balaban J connectivity index is 0.822. The number of aromatic nitrogens is 6. The molecule has 0 aliphatic rings. The van der Waals surface area contributed by atoms with Gasteiger partial charge in [0.05, 0.1) is 49.7 Å². The second-order valence-corrected chi connectivity index (χ2v) is 22.0. The van der Waals surface area contributed by atoms with Crippen molar-refractivity contribution in [2.75, 3.05) is 0 Å². The van der Waals surface area contributed by atoms with Gasteiger partial charge in [0.15, 0.2) is 5.82 Å². The lowest BCUT2D eigenvalue weighted by Gasteiger charge is -2.15. The van der Waals surface area contributed by atoms with Crippen molar-refractivity contribution >= 4 is 109 Å². The summed E-state index contributed by atoms with van der Waals surface area (Å²) in [5, 5.41) is 12.9. The number of hydrogen-bond acceptors (Lipinski definition) is 2. The first-order valence-corrected chi connectivity index (χ1v) is 28.7. The summed E-state index contributed by atoms with van der Waals surface area (Å²) >= 11 is 0. The molecular formula is C78H48N6. The average molecular weight is 1070 g/mol. The topological polar surface area (TPSA) is 45.5 Å². The molecule has 0 bridgehead atoms. The van der Waals surface area contributed by atoms with Crippen molar-refractivity contribution in [3.05, 3.63) is 291 Å². The SMILES string of the molecule is c1ccc(-n2c3ccccc3c3c(-c4cccc5c4c4ccccc4n5-c4ccc(-c5nc(-n6c7ccccc7c7c(-c8cccc9c8c8ccccc8n9-c8ccccc8)cccc76)c6ccc7ccccc7c6n5)cc4)cccc32)cc1. The molecule has 0 fully saturated rings. The van der Waals surface area contributed by atoms with Crippen LogP contribution in [0, 0.1) is 0 Å². The van der Waals surface area contributed by atoms with Crippen molar-refractivity contribution in [2.45, 2.75) is 0 Å². The molecule has 0 atom stereocenters. The zero-order valence-corrected chi connectivity index (χ0v) is 45.4. The fourth-order valence-corrected chi connectivity index (χ4v) is 14.1. The Labute approximate surface area is 482 Å². The lowest BCUT2D eigenvalue weighted by atomic mass is 9.95. The van der Waals surface area contributed by atoms with E-state index in [0.29, 0.717) is 5.82 Å². The molecule has 0 saturated carbocycles. The molecule has 6 heteroatoms. The fraction of sp³-hybridized carbons (Fsp3) is 0. The number of para-hydroxylation sites is 6. The van der Waals surface area contributed by atoms with E-state index in [-0.39, 0.29) is 0 Å². The fourth-order valence-electron chi connectivity index (χ4n) is 14.1. The smallest absolute Gasteiger partial charge is 0.162 e. The number of benzene rings is 13. The van der Waals surface area contributed by atoms with Crippen LogP contribution in [-0.4, -0.2) is 28.2 Å². The van der Waals surface area contributed by atoms with Crippen molar-refractivity contribution in [3.63, 3.8) is 0 Å². The van der Waals surface area contributed by atoms with E-state index >= 15 is 0 Å². The molecule has 0 amide bonds. The second kappa shape index (κ2) is 18.1. The van der Waals surface area contributed by atoms with Crippen LogP contribution in [0.25, 0.3) is 165 Å². The van der Waals surface area contributed by atoms with E-state index in [1.54, 1.807) is 0 Å². The van der Waals surface area contributed by atoms with Crippen LogP contribution >= 0.6 is 0 Å². The number of nitrogens with zero attached hydrogens (tertiary/aromatic N) is 6. The normalized spacial score (nSPS) is 12.0. The van der Waals surface area contributed by atoms with Gasteiger partial charge in [-0.05, 0) is 131 Å². The molecule has 18 aromatic rings. The Morgan fingerprint density at radius 1 is 0.214 bits per heavy atom. The van der Waals surface area contributed by atoms with E-state index in [1.165, 1.54) is 82.0 Å². The minimum Gasteiger partial charge on any atom is -0.309 e. The Morgan fingerprint density at radius 3 is 1.00 bits per heavy atom. The highest BCUT2D eigenvalue weighted by Crippen LogP contribution is 2.47. The Hall–Kier alpha value is -11.3. The molecular weight excluding hydrogens is 1020 g/mol. The third kappa shape index (κ3) is 6.67. The first-order valence-electron chi connectivity index (χ1n) is 28.7. The van der Waals surface area contributed by atoms with Gasteiger partial charge in [-0.1, -0.05) is 188 Å². The maximum atomic E-state index is 5.70. The average Bonchev–Trinajstić information content (AvgIpc) is 2.31. The van der Waals surface area contributed by atoms with Crippen molar-refractivity contribution in [1.29, 1.82) is 0 Å². The van der Waals surface area contributed by atoms with Crippen molar-refractivity contribution in [1.82, 2.24) is 28.2 Å². The lowest BCUT2D eigenvalue weighted by Crippen LogP contribution is -2.03. The van der Waals surface area contributed by atoms with E-state index in [1.807, 2.05) is 0 Å². The predicted octanol–water partition coefficient (Wildman–Crippen LogP) is 20.2. The maximum absolute atomic E-state index is 5.70. The summed E-state index contributed by atoms with van der Waals surface area (Å²) in [6, 6.07) is 106. The highest BCUT2D eigenvalue weighted by atomic mass is 15.1. The van der Waals surface area contributed by atoms with Crippen LogP contribution < -0.4 is 0 Å². The Morgan fingerprint density at radius 2 is 0.560 bits per heavy atom. The largest absolute Gasteiger partial charge is 0.309 e. The molecule has 5 aromatic heterocycles. The van der Waals surface area contributed by atoms with Crippen molar-refractivity contribution < 1.29 is 0 Å². The standard InChI is InChI=1S/C78H48N6/c1-3-22-51(23-4-1)81-64-35-13-9-27-59(64)72-55(31-17-39-68(72)81)56-32-19-41-70-74(56)61-29-11-15-37-66(61)83(70)53-46-43-50(44-47-53)77-79-76-54-26-8-7-21-49(54)45-48-63(76)78(80-77)84-67-38-16-12-30-62(67)75-58(34-20-42-71(75)84)57-33-18-40-69-73(57)60-28-10-14-36-65(60)82(69)52-24-5-2-6-25-52/h1-48H. The Bertz CT molecular complexity index is 5720. The van der Waals surface area contributed by atoms with Gasteiger partial charge in [-0.3, -0.25) is 4.57 Å². The summed E-state index contributed by atoms with van der Waals surface area (Å²) < 4.78 is 9.60. The van der Waals surface area contributed by atoms with E-state index in [4.69, 9.17) is 9.97 Å². The minimum absolute atomic E-state index is 0.660. The molecule has 5 heterocycles. The summed E-state index contributed by atoms with van der Waals surface area (Å²) in [5.74, 6) is 1.50. The third-order valence-corrected chi connectivity index (χ3v) is 17.6. The van der Waals surface area contributed by atoms with E-state index in [9.17, 15) is 0 Å². The van der Waals surface area contributed by atoms with Gasteiger partial charge in [-0.2, -0.15) is 0 Å². The lowest BCUT2D eigenvalue weighted by molar-refractivity contribution is 1.08. The van der Waals surface area contributed by atoms with Gasteiger partial charge in [-0.25, -0.2) is 9.97 Å². The molecule has 390 valence electrons. The van der Waals surface area contributed by atoms with E-state index in [2.05, 4.69) is 309 Å². The highest BCUT2D eigenvalue weighted by molar-refractivity contribution is 6.24. The Kier molecular flexibility index (Phi) is 9.99. The van der Waals surface area contributed by atoms with Crippen LogP contribution in [0.1, 0.15) is 0 Å². The molecule has 0 radical (unpaired) electrons. The predicted molar refractivity (Wildman–Crippen MR) is 351 cm³/mol. The van der Waals surface area contributed by atoms with Crippen LogP contribution in [0.15, 0.2) is 291 Å². The summed E-state index contributed by atoms with van der Waals surface area (Å²) in [6.07, 6.45) is 0. The van der Waals surface area contributed by atoms with E-state index in [0.717, 1.165) is 77.6 Å². The summed E-state index contributed by atoms with van der Waals surface area (Å²) in [5.41, 5.74) is 19.1.